The number of nitrogens with zero attached hydrogens (tertiary/aromatic N) is 20. The van der Waals surface area contributed by atoms with Crippen LogP contribution in [0.4, 0.5) is 36.4 Å². The molecule has 0 bridgehead atoms. The SMILES string of the molecule is CCc1ncc(-c2cc(NC[C@@H](C)c3cccc4c(C(=O)NC)c(F)cnc34)ncn2)cn1.CNC(=O)c1c(F)cnc2c([C@H](C)CNc3cc(-c4cnc(C5CCOCC5)nc4)ncn3)cccc12.CNC(=O)c1ccnc2c([C@H](C)CNc3cc(-c4cnc(C5CCOCC5)nc4)ncn3)ccc(F)c12.CNC(=O)c1ccnc2c([C@H](C)CNc3cc(-c4cnc(C5CCOCC5)nc4)ncn3)cccc12.S.S.S.S. The van der Waals surface area contributed by atoms with Gasteiger partial charge in [-0.15, -0.1) is 0 Å². The molecule has 4 atom stereocenters. The quantitative estimate of drug-likeness (QED) is 0.0226. The summed E-state index contributed by atoms with van der Waals surface area (Å²) in [6, 6.07) is 30.7. The van der Waals surface area contributed by atoms with Gasteiger partial charge in [-0.3, -0.25) is 39.1 Å². The number of ether oxygens (including phenoxy) is 3. The molecule has 0 spiro atoms. The van der Waals surface area contributed by atoms with Crippen LogP contribution in [-0.2, 0) is 20.6 Å². The molecule has 42 heteroatoms. The Morgan fingerprint density at radius 3 is 0.959 bits per heavy atom. The Balaban J connectivity index is 0.000000173. The first-order chi connectivity index (χ1) is 69.7. The second-order valence-corrected chi connectivity index (χ2v) is 34.8. The molecular weight excluding hydrogens is 1950 g/mol. The molecule has 12 aromatic heterocycles. The van der Waals surface area contributed by atoms with Gasteiger partial charge in [0.05, 0.1) is 79.5 Å². The summed E-state index contributed by atoms with van der Waals surface area (Å²) in [6.07, 6.45) is 32.3. The third-order valence-electron chi connectivity index (χ3n) is 25.4. The molecule has 16 aromatic rings. The number of hydrogen-bond donors (Lipinski definition) is 8. The number of pyridine rings is 4. The second kappa shape index (κ2) is 53.4. The number of hydrogen-bond acceptors (Lipinski definition) is 31. The molecule has 3 saturated heterocycles. The average molecular weight is 2070 g/mol. The number of anilines is 4. The Hall–Kier alpha value is -14.7. The van der Waals surface area contributed by atoms with Crippen LogP contribution in [0.3, 0.4) is 0 Å². The maximum Gasteiger partial charge on any atom is 0.254 e. The number of nitrogens with one attached hydrogen (secondary N) is 8. The third-order valence-corrected chi connectivity index (χ3v) is 25.4. The minimum absolute atomic E-state index is 0. The van der Waals surface area contributed by atoms with Crippen LogP contribution in [0.5, 0.6) is 0 Å². The second-order valence-electron chi connectivity index (χ2n) is 34.8. The fourth-order valence-electron chi connectivity index (χ4n) is 17.3. The molecule has 0 unspecified atom stereocenters. The summed E-state index contributed by atoms with van der Waals surface area (Å²) < 4.78 is 59.7. The van der Waals surface area contributed by atoms with Crippen LogP contribution in [0.2, 0.25) is 0 Å². The smallest absolute Gasteiger partial charge is 0.254 e. The molecule has 3 aliphatic rings. The molecule has 4 amide bonds. The minimum atomic E-state index is -0.645. The number of halogens is 3. The number of amides is 4. The van der Waals surface area contributed by atoms with Crippen LogP contribution < -0.4 is 42.5 Å². The maximum absolute atomic E-state index is 14.7. The van der Waals surface area contributed by atoms with Crippen molar-refractivity contribution >= 4 is 144 Å². The zero-order valence-electron chi connectivity index (χ0n) is 82.6. The lowest BCUT2D eigenvalue weighted by atomic mass is 9.95. The lowest BCUT2D eigenvalue weighted by molar-refractivity contribution is 0.0835. The predicted octanol–water partition coefficient (Wildman–Crippen LogP) is 16.3. The molecule has 0 saturated carbocycles. The van der Waals surface area contributed by atoms with Crippen LogP contribution >= 0.6 is 54.0 Å². The topological polar surface area (TPSA) is 450 Å². The van der Waals surface area contributed by atoms with Gasteiger partial charge in [-0.2, -0.15) is 54.0 Å². The highest BCUT2D eigenvalue weighted by atomic mass is 32.1. The fraction of sp³-hybridized carbons (Fsp3) is 0.314. The van der Waals surface area contributed by atoms with E-state index in [4.69, 9.17) is 14.2 Å². The molecule has 3 fully saturated rings. The number of para-hydroxylation sites is 3. The highest BCUT2D eigenvalue weighted by molar-refractivity contribution is 7.59. The first kappa shape index (κ1) is 111. The van der Waals surface area contributed by atoms with Gasteiger partial charge < -0.3 is 56.7 Å². The molecule has 8 N–H and O–H groups in total. The van der Waals surface area contributed by atoms with Gasteiger partial charge in [0.2, 0.25) is 0 Å². The molecular formula is C105H117F3N28O7S4. The van der Waals surface area contributed by atoms with E-state index in [2.05, 4.69) is 155 Å². The normalized spacial score (nSPS) is 13.8. The third kappa shape index (κ3) is 27.2. The van der Waals surface area contributed by atoms with Crippen molar-refractivity contribution in [2.45, 2.75) is 121 Å². The van der Waals surface area contributed by atoms with E-state index in [1.54, 1.807) is 81.0 Å². The van der Waals surface area contributed by atoms with E-state index in [9.17, 15) is 32.3 Å². The van der Waals surface area contributed by atoms with Crippen molar-refractivity contribution in [1.82, 2.24) is 121 Å². The van der Waals surface area contributed by atoms with E-state index in [0.717, 1.165) is 199 Å². The molecule has 4 aromatic carbocycles. The van der Waals surface area contributed by atoms with Gasteiger partial charge in [0.1, 0.15) is 77.7 Å². The summed E-state index contributed by atoms with van der Waals surface area (Å²) in [7, 11) is 6.11. The monoisotopic (exact) mass is 2070 g/mol. The summed E-state index contributed by atoms with van der Waals surface area (Å²) in [5.74, 6) is 3.94. The van der Waals surface area contributed by atoms with E-state index >= 15 is 0 Å². The van der Waals surface area contributed by atoms with Crippen molar-refractivity contribution in [2.24, 2.45) is 0 Å². The highest BCUT2D eigenvalue weighted by Crippen LogP contribution is 2.37. The Morgan fingerprint density at radius 1 is 0.327 bits per heavy atom. The number of rotatable bonds is 28. The van der Waals surface area contributed by atoms with Crippen molar-refractivity contribution in [3.63, 3.8) is 0 Å². The molecule has 35 nitrogen and oxygen atoms in total. The number of aromatic nitrogens is 20. The highest BCUT2D eigenvalue weighted by Gasteiger charge is 2.28. The Labute approximate surface area is 875 Å². The number of aryl methyl sites for hydroxylation is 1. The largest absolute Gasteiger partial charge is 0.381 e. The lowest BCUT2D eigenvalue weighted by Gasteiger charge is -2.20. The van der Waals surface area contributed by atoms with Gasteiger partial charge in [0.15, 0.2) is 11.6 Å². The van der Waals surface area contributed by atoms with Crippen molar-refractivity contribution in [3.05, 3.63) is 288 Å². The number of carbonyl (C=O) groups is 4. The molecule has 19 rings (SSSR count). The molecule has 0 radical (unpaired) electrons. The van der Waals surface area contributed by atoms with Crippen molar-refractivity contribution < 1.29 is 46.6 Å². The number of fused-ring (bicyclic) bond motifs is 4. The van der Waals surface area contributed by atoms with E-state index in [1.807, 2.05) is 101 Å². The zero-order valence-corrected chi connectivity index (χ0v) is 86.6. The predicted molar refractivity (Wildman–Crippen MR) is 580 cm³/mol. The first-order valence-corrected chi connectivity index (χ1v) is 47.5. The van der Waals surface area contributed by atoms with Crippen LogP contribution in [0.15, 0.2) is 203 Å². The van der Waals surface area contributed by atoms with Gasteiger partial charge in [-0.25, -0.2) is 92.9 Å². The van der Waals surface area contributed by atoms with Gasteiger partial charge in [0, 0.05) is 272 Å². The fourth-order valence-corrected chi connectivity index (χ4v) is 17.3. The maximum atomic E-state index is 14.7. The number of benzene rings is 4. The molecule has 147 heavy (non-hydrogen) atoms. The van der Waals surface area contributed by atoms with Crippen molar-refractivity contribution in [2.75, 3.05) is 115 Å². The van der Waals surface area contributed by atoms with E-state index in [0.29, 0.717) is 100.0 Å². The summed E-state index contributed by atoms with van der Waals surface area (Å²) in [5, 5.41) is 25.7. The van der Waals surface area contributed by atoms with Crippen molar-refractivity contribution in [1.29, 1.82) is 0 Å². The molecule has 3 aliphatic heterocycles. The standard InChI is InChI=1S/2C27H28FN7O2.C27H29N7O2.C24H24FN7O.4H2S/c1-16(19-3-4-21(28)24-20(27(36)29-2)5-8-30-25(19)24)12-31-23-11-22(34-15-35-23)18-13-32-26(33-14-18)17-6-9-37-10-7-17;1-16(19-4-3-5-20-24(27(36)29-2)21(28)14-31-25(19)20)11-30-23-10-22(34-15-35-23)18-12-32-26(33-13-18)17-6-8-37-9-7-17;1-17(20-4-3-5-21-22(27(35)28-2)6-9-29-25(20)21)13-30-24-12-23(33-16-34-24)19-14-31-26(32-15-19)18-7-10-36-11-8-18;1-4-20-28-10-15(11-29-20)19-8-21(32-13-31-19)27-9-14(2)16-6-5-7-17-22(24(33)26-3)18(25)12-30-23(16)17;;;;/h3-5,8,11,13-17H,6-7,9-10,12H2,1-2H3,(H,29,36)(H,31,34,35);3-5,10,12-17H,6-9,11H2,1-2H3,(H,29,36)(H,30,34,35);3-6,9,12,14-18H,7-8,10-11,13H2,1-2H3,(H,28,35)(H,30,33,34);5-8,10-14H,4,9H2,1-3H3,(H,26,33)(H,27,31,32);4*1H2/t2*16-;17-;14-;;;;/m1111..../s1. The number of carbonyl (C=O) groups excluding carboxylic acids is 4. The summed E-state index contributed by atoms with van der Waals surface area (Å²) >= 11 is 0. The van der Waals surface area contributed by atoms with Crippen LogP contribution in [0.1, 0.15) is 202 Å². The van der Waals surface area contributed by atoms with Crippen LogP contribution in [0, 0.1) is 17.5 Å². The Morgan fingerprint density at radius 2 is 0.626 bits per heavy atom. The van der Waals surface area contributed by atoms with Gasteiger partial charge in [0.25, 0.3) is 23.6 Å². The minimum Gasteiger partial charge on any atom is -0.381 e. The Kier molecular flexibility index (Phi) is 40.4. The summed E-state index contributed by atoms with van der Waals surface area (Å²) in [4.78, 5) is 138. The van der Waals surface area contributed by atoms with E-state index in [-0.39, 0.29) is 112 Å². The van der Waals surface area contributed by atoms with Gasteiger partial charge in [-0.05, 0) is 79.0 Å². The lowest BCUT2D eigenvalue weighted by Crippen LogP contribution is -2.20. The zero-order chi connectivity index (χ0) is 99.8. The van der Waals surface area contributed by atoms with Gasteiger partial charge >= 0.3 is 0 Å². The van der Waals surface area contributed by atoms with Crippen molar-refractivity contribution in [3.8, 4) is 45.0 Å². The van der Waals surface area contributed by atoms with E-state index < -0.39 is 29.3 Å². The molecule has 764 valence electrons. The molecule has 15 heterocycles. The Bertz CT molecular complexity index is 7180. The van der Waals surface area contributed by atoms with Crippen LogP contribution in [0.25, 0.3) is 88.6 Å². The van der Waals surface area contributed by atoms with E-state index in [1.165, 1.54) is 58.5 Å². The molecule has 0 aliphatic carbocycles. The average Bonchev–Trinajstić information content (AvgIpc) is 0.779. The van der Waals surface area contributed by atoms with Gasteiger partial charge in [-0.1, -0.05) is 95.3 Å². The summed E-state index contributed by atoms with van der Waals surface area (Å²) in [5.41, 5.74) is 13.3. The summed E-state index contributed by atoms with van der Waals surface area (Å²) in [6.45, 7) is 17.0. The van der Waals surface area contributed by atoms with Crippen LogP contribution in [-0.4, -0.2) is 217 Å². The first-order valence-electron chi connectivity index (χ1n) is 47.5.